The number of thioether (sulfide) groups is 2. The van der Waals surface area contributed by atoms with Gasteiger partial charge in [-0.2, -0.15) is 0 Å². The number of aryl methyl sites for hydroxylation is 1. The number of carbonyl (C=O) groups is 1. The number of aromatic nitrogens is 4. The van der Waals surface area contributed by atoms with Crippen LogP contribution in [0.2, 0.25) is 0 Å². The van der Waals surface area contributed by atoms with Crippen LogP contribution in [0.25, 0.3) is 0 Å². The number of nitrogens with one attached hydrogen (secondary N) is 1. The van der Waals surface area contributed by atoms with Gasteiger partial charge in [-0.25, -0.2) is 4.68 Å². The lowest BCUT2D eigenvalue weighted by Crippen LogP contribution is -2.14. The molecule has 0 saturated carbocycles. The zero-order valence-corrected chi connectivity index (χ0v) is 12.2. The Labute approximate surface area is 119 Å². The average Bonchev–Trinajstić information content (AvgIpc) is 2.82. The van der Waals surface area contributed by atoms with E-state index in [1.54, 1.807) is 18.8 Å². The predicted octanol–water partition coefficient (Wildman–Crippen LogP) is 1.66. The van der Waals surface area contributed by atoms with Crippen LogP contribution < -0.4 is 5.32 Å². The number of benzene rings is 1. The molecule has 0 bridgehead atoms. The van der Waals surface area contributed by atoms with Crippen molar-refractivity contribution in [2.24, 2.45) is 7.05 Å². The molecule has 1 amide bonds. The SMILES string of the molecule is CSc1cccc(NC(=O)CSc2nnnn2C)c1. The van der Waals surface area contributed by atoms with Crippen molar-refractivity contribution in [3.63, 3.8) is 0 Å². The summed E-state index contributed by atoms with van der Waals surface area (Å²) in [5, 5.41) is 14.5. The van der Waals surface area contributed by atoms with Crippen molar-refractivity contribution in [1.82, 2.24) is 20.2 Å². The van der Waals surface area contributed by atoms with Gasteiger partial charge in [0.15, 0.2) is 0 Å². The first-order valence-corrected chi connectivity index (χ1v) is 7.69. The predicted molar refractivity (Wildman–Crippen MR) is 76.4 cm³/mol. The Bertz CT molecular complexity index is 572. The second kappa shape index (κ2) is 6.58. The van der Waals surface area contributed by atoms with Crippen molar-refractivity contribution in [3.8, 4) is 0 Å². The summed E-state index contributed by atoms with van der Waals surface area (Å²) in [6.45, 7) is 0. The quantitative estimate of drug-likeness (QED) is 0.846. The van der Waals surface area contributed by atoms with E-state index in [1.165, 1.54) is 16.4 Å². The number of tetrazole rings is 1. The molecule has 0 unspecified atom stereocenters. The standard InChI is InChI=1S/C11H13N5OS2/c1-16-11(13-14-15-16)19-7-10(17)12-8-4-3-5-9(6-8)18-2/h3-6H,7H2,1-2H3,(H,12,17). The summed E-state index contributed by atoms with van der Waals surface area (Å²) in [6.07, 6.45) is 2.00. The first-order chi connectivity index (χ1) is 9.19. The van der Waals surface area contributed by atoms with Crippen molar-refractivity contribution in [2.75, 3.05) is 17.3 Å². The van der Waals surface area contributed by atoms with Crippen LogP contribution in [0.15, 0.2) is 34.3 Å². The van der Waals surface area contributed by atoms with Crippen LogP contribution in [0, 0.1) is 0 Å². The molecule has 2 rings (SSSR count). The number of amides is 1. The first-order valence-electron chi connectivity index (χ1n) is 5.48. The maximum absolute atomic E-state index is 11.8. The van der Waals surface area contributed by atoms with Crippen LogP contribution >= 0.6 is 23.5 Å². The maximum Gasteiger partial charge on any atom is 0.234 e. The number of nitrogens with zero attached hydrogens (tertiary/aromatic N) is 4. The molecule has 8 heteroatoms. The molecule has 0 fully saturated rings. The molecular weight excluding hydrogens is 282 g/mol. The molecule has 0 atom stereocenters. The first kappa shape index (κ1) is 13.9. The van der Waals surface area contributed by atoms with Crippen LogP contribution in [0.5, 0.6) is 0 Å². The lowest BCUT2D eigenvalue weighted by atomic mass is 10.3. The molecule has 0 aliphatic rings. The summed E-state index contributed by atoms with van der Waals surface area (Å²) < 4.78 is 1.53. The van der Waals surface area contributed by atoms with E-state index in [4.69, 9.17) is 0 Å². The number of rotatable bonds is 5. The molecule has 2 aromatic rings. The molecular formula is C11H13N5OS2. The minimum absolute atomic E-state index is 0.0775. The van der Waals surface area contributed by atoms with Gasteiger partial charge in [-0.1, -0.05) is 17.8 Å². The molecule has 0 radical (unpaired) electrons. The van der Waals surface area contributed by atoms with Crippen LogP contribution in [0.1, 0.15) is 0 Å². The fourth-order valence-corrected chi connectivity index (χ4v) is 2.48. The Morgan fingerprint density at radius 3 is 3.00 bits per heavy atom. The minimum Gasteiger partial charge on any atom is -0.325 e. The van der Waals surface area contributed by atoms with Crippen LogP contribution in [0.4, 0.5) is 5.69 Å². The molecule has 1 aromatic carbocycles. The van der Waals surface area contributed by atoms with E-state index in [2.05, 4.69) is 20.8 Å². The van der Waals surface area contributed by atoms with Crippen molar-refractivity contribution < 1.29 is 4.79 Å². The molecule has 0 aliphatic heterocycles. The highest BCUT2D eigenvalue weighted by Crippen LogP contribution is 2.19. The maximum atomic E-state index is 11.8. The monoisotopic (exact) mass is 295 g/mol. The number of anilines is 1. The normalized spacial score (nSPS) is 10.4. The molecule has 0 aliphatic carbocycles. The van der Waals surface area contributed by atoms with E-state index >= 15 is 0 Å². The lowest BCUT2D eigenvalue weighted by molar-refractivity contribution is -0.113. The van der Waals surface area contributed by atoms with Gasteiger partial charge in [0.2, 0.25) is 11.1 Å². The summed E-state index contributed by atoms with van der Waals surface area (Å²) >= 11 is 2.94. The minimum atomic E-state index is -0.0775. The van der Waals surface area contributed by atoms with Crippen molar-refractivity contribution in [2.45, 2.75) is 10.1 Å². The molecule has 1 N–H and O–H groups in total. The van der Waals surface area contributed by atoms with E-state index in [0.717, 1.165) is 10.6 Å². The topological polar surface area (TPSA) is 72.7 Å². The van der Waals surface area contributed by atoms with Gasteiger partial charge in [0, 0.05) is 17.6 Å². The molecule has 1 aromatic heterocycles. The Morgan fingerprint density at radius 1 is 1.47 bits per heavy atom. The smallest absolute Gasteiger partial charge is 0.234 e. The highest BCUT2D eigenvalue weighted by molar-refractivity contribution is 7.99. The summed E-state index contributed by atoms with van der Waals surface area (Å²) in [6, 6.07) is 7.73. The molecule has 100 valence electrons. The van der Waals surface area contributed by atoms with Gasteiger partial charge >= 0.3 is 0 Å². The van der Waals surface area contributed by atoms with Crippen molar-refractivity contribution >= 4 is 35.1 Å². The van der Waals surface area contributed by atoms with Gasteiger partial charge in [-0.05, 0) is 34.9 Å². The van der Waals surface area contributed by atoms with Crippen molar-refractivity contribution in [1.29, 1.82) is 0 Å². The summed E-state index contributed by atoms with van der Waals surface area (Å²) in [5.41, 5.74) is 0.800. The summed E-state index contributed by atoms with van der Waals surface area (Å²) in [4.78, 5) is 12.9. The second-order valence-corrected chi connectivity index (χ2v) is 5.48. The highest BCUT2D eigenvalue weighted by atomic mass is 32.2. The van der Waals surface area contributed by atoms with E-state index in [9.17, 15) is 4.79 Å². The molecule has 19 heavy (non-hydrogen) atoms. The number of hydrogen-bond acceptors (Lipinski definition) is 6. The van der Waals surface area contributed by atoms with Gasteiger partial charge in [-0.15, -0.1) is 16.9 Å². The van der Waals surface area contributed by atoms with Crippen LogP contribution in [0.3, 0.4) is 0 Å². The third kappa shape index (κ3) is 3.97. The largest absolute Gasteiger partial charge is 0.325 e. The van der Waals surface area contributed by atoms with E-state index in [1.807, 2.05) is 30.5 Å². The number of carbonyl (C=O) groups excluding carboxylic acids is 1. The lowest BCUT2D eigenvalue weighted by Gasteiger charge is -2.05. The molecule has 0 spiro atoms. The van der Waals surface area contributed by atoms with E-state index < -0.39 is 0 Å². The Morgan fingerprint density at radius 2 is 2.32 bits per heavy atom. The fourth-order valence-electron chi connectivity index (χ4n) is 1.37. The zero-order chi connectivity index (χ0) is 13.7. The Balaban J connectivity index is 1.89. The Kier molecular flexibility index (Phi) is 4.80. The van der Waals surface area contributed by atoms with Gasteiger partial charge < -0.3 is 5.32 Å². The summed E-state index contributed by atoms with van der Waals surface area (Å²) in [5.74, 6) is 0.198. The van der Waals surface area contributed by atoms with Gasteiger partial charge in [0.05, 0.1) is 5.75 Å². The van der Waals surface area contributed by atoms with Gasteiger partial charge in [0.25, 0.3) is 0 Å². The third-order valence-corrected chi connectivity index (χ3v) is 4.00. The number of hydrogen-bond donors (Lipinski definition) is 1. The molecule has 0 saturated heterocycles. The highest BCUT2D eigenvalue weighted by Gasteiger charge is 2.08. The van der Waals surface area contributed by atoms with E-state index in [-0.39, 0.29) is 11.7 Å². The average molecular weight is 295 g/mol. The third-order valence-electron chi connectivity index (χ3n) is 2.27. The molecule has 1 heterocycles. The fraction of sp³-hybridized carbons (Fsp3) is 0.273. The van der Waals surface area contributed by atoms with Crippen LogP contribution in [-0.4, -0.2) is 38.1 Å². The summed E-state index contributed by atoms with van der Waals surface area (Å²) in [7, 11) is 1.74. The zero-order valence-electron chi connectivity index (χ0n) is 10.5. The van der Waals surface area contributed by atoms with Gasteiger partial charge in [-0.3, -0.25) is 4.79 Å². The van der Waals surface area contributed by atoms with Crippen LogP contribution in [-0.2, 0) is 11.8 Å². The Hall–Kier alpha value is -1.54. The van der Waals surface area contributed by atoms with Crippen molar-refractivity contribution in [3.05, 3.63) is 24.3 Å². The van der Waals surface area contributed by atoms with E-state index in [0.29, 0.717) is 5.16 Å². The van der Waals surface area contributed by atoms with Gasteiger partial charge in [0.1, 0.15) is 0 Å². The second-order valence-electron chi connectivity index (χ2n) is 3.65. The molecule has 6 nitrogen and oxygen atoms in total.